The third-order valence-corrected chi connectivity index (χ3v) is 4.04. The van der Waals surface area contributed by atoms with Crippen LogP contribution in [0, 0.1) is 5.82 Å². The minimum atomic E-state index is -0.305. The molecule has 1 aliphatic heterocycles. The van der Waals surface area contributed by atoms with Crippen LogP contribution in [-0.2, 0) is 26.1 Å². The van der Waals surface area contributed by atoms with Gasteiger partial charge in [-0.05, 0) is 30.7 Å². The Morgan fingerprint density at radius 3 is 3.08 bits per heavy atom. The highest BCUT2D eigenvalue weighted by atomic mass is 19.1. The van der Waals surface area contributed by atoms with Gasteiger partial charge in [0.25, 0.3) is 0 Å². The lowest BCUT2D eigenvalue weighted by atomic mass is 10.1. The molecule has 1 N–H and O–H groups in total. The van der Waals surface area contributed by atoms with E-state index in [-0.39, 0.29) is 12.4 Å². The molecule has 4 rings (SSSR count). The molecule has 9 heteroatoms. The fraction of sp³-hybridized carbons (Fsp3) is 0.375. The summed E-state index contributed by atoms with van der Waals surface area (Å²) in [4.78, 5) is 8.50. The zero-order chi connectivity index (χ0) is 17.1. The normalized spacial score (nSPS) is 16.6. The van der Waals surface area contributed by atoms with Crippen molar-refractivity contribution in [1.29, 1.82) is 0 Å². The van der Waals surface area contributed by atoms with Gasteiger partial charge in [0.1, 0.15) is 23.7 Å². The van der Waals surface area contributed by atoms with Crippen LogP contribution in [0.15, 0.2) is 35.1 Å². The molecule has 0 saturated heterocycles. The number of fused-ring (bicyclic) bond motifs is 1. The van der Waals surface area contributed by atoms with Crippen LogP contribution in [-0.4, -0.2) is 30.9 Å². The van der Waals surface area contributed by atoms with E-state index in [1.165, 1.54) is 12.1 Å². The molecule has 25 heavy (non-hydrogen) atoms. The number of nitrogens with zero attached hydrogens (tertiary/aromatic N) is 5. The molecule has 0 unspecified atom stereocenters. The number of aromatic nitrogens is 5. The van der Waals surface area contributed by atoms with Crippen LogP contribution in [0.2, 0.25) is 0 Å². The van der Waals surface area contributed by atoms with Gasteiger partial charge in [-0.25, -0.2) is 14.1 Å². The van der Waals surface area contributed by atoms with E-state index in [9.17, 15) is 4.39 Å². The summed E-state index contributed by atoms with van der Waals surface area (Å²) < 4.78 is 25.5. The standard InChI is InChI=1S/C16H17FN6O2/c17-11-1-4-13(5-2-11)24-9-14-21-16(25-22-14)7-18-12-3-6-15-19-10-20-23(15)8-12/h1-2,4-5,10,12,18H,3,6-9H2/t12-/m0/s1. The third kappa shape index (κ3) is 3.82. The van der Waals surface area contributed by atoms with Gasteiger partial charge in [-0.15, -0.1) is 0 Å². The zero-order valence-corrected chi connectivity index (χ0v) is 13.4. The Hall–Kier alpha value is -2.81. The van der Waals surface area contributed by atoms with Crippen molar-refractivity contribution in [1.82, 2.24) is 30.2 Å². The molecule has 1 atom stereocenters. The van der Waals surface area contributed by atoms with Gasteiger partial charge in [-0.2, -0.15) is 10.1 Å². The second-order valence-corrected chi connectivity index (χ2v) is 5.82. The molecule has 0 spiro atoms. The van der Waals surface area contributed by atoms with Crippen molar-refractivity contribution < 1.29 is 13.7 Å². The number of nitrogens with one attached hydrogen (secondary N) is 1. The van der Waals surface area contributed by atoms with Crippen molar-refractivity contribution in [3.05, 3.63) is 53.9 Å². The quantitative estimate of drug-likeness (QED) is 0.724. The monoisotopic (exact) mass is 344 g/mol. The first kappa shape index (κ1) is 15.7. The van der Waals surface area contributed by atoms with Crippen LogP contribution in [0.25, 0.3) is 0 Å². The number of hydrogen-bond donors (Lipinski definition) is 1. The lowest BCUT2D eigenvalue weighted by Crippen LogP contribution is -2.37. The Kier molecular flexibility index (Phi) is 4.38. The van der Waals surface area contributed by atoms with Crippen molar-refractivity contribution in [2.45, 2.75) is 38.6 Å². The van der Waals surface area contributed by atoms with E-state index >= 15 is 0 Å². The van der Waals surface area contributed by atoms with Gasteiger partial charge in [0, 0.05) is 12.5 Å². The molecule has 130 valence electrons. The highest BCUT2D eigenvalue weighted by Crippen LogP contribution is 2.14. The van der Waals surface area contributed by atoms with E-state index in [0.717, 1.165) is 25.2 Å². The summed E-state index contributed by atoms with van der Waals surface area (Å²) in [5, 5.41) is 11.5. The highest BCUT2D eigenvalue weighted by Gasteiger charge is 2.20. The summed E-state index contributed by atoms with van der Waals surface area (Å²) in [5.74, 6) is 2.22. The van der Waals surface area contributed by atoms with Crippen LogP contribution in [0.4, 0.5) is 4.39 Å². The highest BCUT2D eigenvalue weighted by molar-refractivity contribution is 5.22. The SMILES string of the molecule is Fc1ccc(OCc2noc(CN[C@H]3CCc4ncnn4C3)n2)cc1. The fourth-order valence-corrected chi connectivity index (χ4v) is 2.74. The third-order valence-electron chi connectivity index (χ3n) is 4.04. The molecule has 0 amide bonds. The average Bonchev–Trinajstić information content (AvgIpc) is 3.28. The van der Waals surface area contributed by atoms with Gasteiger partial charge < -0.3 is 14.6 Å². The molecule has 0 aliphatic carbocycles. The zero-order valence-electron chi connectivity index (χ0n) is 13.4. The summed E-state index contributed by atoms with van der Waals surface area (Å²) in [6.07, 6.45) is 3.48. The van der Waals surface area contributed by atoms with Crippen molar-refractivity contribution in [2.24, 2.45) is 0 Å². The molecule has 2 aromatic heterocycles. The van der Waals surface area contributed by atoms with E-state index in [1.54, 1.807) is 18.5 Å². The molecular weight excluding hydrogens is 327 g/mol. The molecule has 1 aromatic carbocycles. The second-order valence-electron chi connectivity index (χ2n) is 5.82. The molecule has 8 nitrogen and oxygen atoms in total. The number of rotatable bonds is 6. The van der Waals surface area contributed by atoms with Crippen LogP contribution >= 0.6 is 0 Å². The largest absolute Gasteiger partial charge is 0.485 e. The lowest BCUT2D eigenvalue weighted by molar-refractivity contribution is 0.282. The summed E-state index contributed by atoms with van der Waals surface area (Å²) in [6, 6.07) is 6.08. The molecule has 0 saturated carbocycles. The molecule has 3 heterocycles. The summed E-state index contributed by atoms with van der Waals surface area (Å²) in [6.45, 7) is 1.43. The van der Waals surface area contributed by atoms with E-state index in [0.29, 0.717) is 30.1 Å². The Morgan fingerprint density at radius 2 is 2.20 bits per heavy atom. The van der Waals surface area contributed by atoms with Crippen molar-refractivity contribution in [3.8, 4) is 5.75 Å². The summed E-state index contributed by atoms with van der Waals surface area (Å²) in [7, 11) is 0. The van der Waals surface area contributed by atoms with E-state index < -0.39 is 0 Å². The predicted molar refractivity (Wildman–Crippen MR) is 84.0 cm³/mol. The van der Waals surface area contributed by atoms with Gasteiger partial charge in [0.15, 0.2) is 6.61 Å². The summed E-state index contributed by atoms with van der Waals surface area (Å²) in [5.41, 5.74) is 0. The molecule has 0 radical (unpaired) electrons. The first-order valence-electron chi connectivity index (χ1n) is 8.06. The van der Waals surface area contributed by atoms with Gasteiger partial charge in [0.05, 0.1) is 13.1 Å². The Balaban J connectivity index is 1.26. The molecule has 0 bridgehead atoms. The summed E-state index contributed by atoms with van der Waals surface area (Å²) >= 11 is 0. The van der Waals surface area contributed by atoms with Gasteiger partial charge in [-0.3, -0.25) is 0 Å². The van der Waals surface area contributed by atoms with Crippen LogP contribution in [0.5, 0.6) is 5.75 Å². The van der Waals surface area contributed by atoms with Gasteiger partial charge >= 0.3 is 0 Å². The van der Waals surface area contributed by atoms with Crippen LogP contribution < -0.4 is 10.1 Å². The minimum Gasteiger partial charge on any atom is -0.485 e. The van der Waals surface area contributed by atoms with Crippen LogP contribution in [0.3, 0.4) is 0 Å². The van der Waals surface area contributed by atoms with Crippen molar-refractivity contribution in [2.75, 3.05) is 0 Å². The van der Waals surface area contributed by atoms with Crippen molar-refractivity contribution >= 4 is 0 Å². The first-order chi connectivity index (χ1) is 12.3. The minimum absolute atomic E-state index is 0.168. The fourth-order valence-electron chi connectivity index (χ4n) is 2.74. The number of halogens is 1. The maximum Gasteiger partial charge on any atom is 0.240 e. The topological polar surface area (TPSA) is 90.9 Å². The van der Waals surface area contributed by atoms with E-state index in [1.807, 2.05) is 4.68 Å². The number of ether oxygens (including phenoxy) is 1. The number of benzene rings is 1. The van der Waals surface area contributed by atoms with Crippen LogP contribution in [0.1, 0.15) is 24.0 Å². The number of hydrogen-bond acceptors (Lipinski definition) is 7. The molecular formula is C16H17FN6O2. The predicted octanol–water partition coefficient (Wildman–Crippen LogP) is 1.48. The first-order valence-corrected chi connectivity index (χ1v) is 8.06. The van der Waals surface area contributed by atoms with Gasteiger partial charge in [-0.1, -0.05) is 5.16 Å². The average molecular weight is 344 g/mol. The van der Waals surface area contributed by atoms with E-state index in [2.05, 4.69) is 25.5 Å². The Bertz CT molecular complexity index is 831. The lowest BCUT2D eigenvalue weighted by Gasteiger charge is -2.22. The molecule has 1 aliphatic rings. The van der Waals surface area contributed by atoms with Crippen molar-refractivity contribution in [3.63, 3.8) is 0 Å². The molecule has 0 fully saturated rings. The number of aryl methyl sites for hydroxylation is 1. The second kappa shape index (κ2) is 6.98. The maximum atomic E-state index is 12.8. The smallest absolute Gasteiger partial charge is 0.240 e. The molecule has 3 aromatic rings. The Labute approximate surface area is 143 Å². The Morgan fingerprint density at radius 1 is 1.32 bits per heavy atom. The van der Waals surface area contributed by atoms with Gasteiger partial charge in [0.2, 0.25) is 11.7 Å². The van der Waals surface area contributed by atoms with E-state index in [4.69, 9.17) is 9.26 Å². The maximum absolute atomic E-state index is 12.8.